The van der Waals surface area contributed by atoms with Gasteiger partial charge in [-0.3, -0.25) is 0 Å². The van der Waals surface area contributed by atoms with Crippen LogP contribution in [0.25, 0.3) is 22.0 Å². The Morgan fingerprint density at radius 2 is 1.70 bits per heavy atom. The molecule has 134 valence electrons. The average Bonchev–Trinajstić information content (AvgIpc) is 3.04. The first-order valence-electron chi connectivity index (χ1n) is 9.06. The monoisotopic (exact) mass is 357 g/mol. The Kier molecular flexibility index (Phi) is 3.96. The summed E-state index contributed by atoms with van der Waals surface area (Å²) in [5.74, 6) is 0. The zero-order chi connectivity index (χ0) is 18.2. The molecule has 0 fully saturated rings. The van der Waals surface area contributed by atoms with E-state index < -0.39 is 6.10 Å². The second kappa shape index (κ2) is 6.61. The third kappa shape index (κ3) is 2.72. The Balaban J connectivity index is 1.70. The molecule has 1 aromatic heterocycles. The van der Waals surface area contributed by atoms with Crippen molar-refractivity contribution in [2.75, 3.05) is 6.61 Å². The van der Waals surface area contributed by atoms with Gasteiger partial charge >= 0.3 is 0 Å². The second-order valence-corrected chi connectivity index (χ2v) is 6.79. The summed E-state index contributed by atoms with van der Waals surface area (Å²) in [6.07, 6.45) is -0.685. The van der Waals surface area contributed by atoms with E-state index in [-0.39, 0.29) is 12.6 Å². The number of benzene rings is 3. The lowest BCUT2D eigenvalue weighted by atomic mass is 10.00. The molecule has 0 spiro atoms. The highest BCUT2D eigenvalue weighted by Gasteiger charge is 2.31. The topological polar surface area (TPSA) is 60.2 Å². The van der Waals surface area contributed by atoms with Crippen molar-refractivity contribution >= 4 is 10.8 Å². The molecule has 0 saturated heterocycles. The van der Waals surface area contributed by atoms with Gasteiger partial charge in [-0.15, -0.1) is 5.10 Å². The summed E-state index contributed by atoms with van der Waals surface area (Å²) in [7, 11) is 0. The Bertz CT molecular complexity index is 1090. The number of aromatic nitrogens is 3. The number of hydrogen-bond acceptors (Lipinski definition) is 4. The third-order valence-corrected chi connectivity index (χ3v) is 5.13. The summed E-state index contributed by atoms with van der Waals surface area (Å²) in [5, 5.41) is 21.9. The molecule has 0 saturated carbocycles. The summed E-state index contributed by atoms with van der Waals surface area (Å²) < 4.78 is 7.59. The lowest BCUT2D eigenvalue weighted by Gasteiger charge is -2.21. The van der Waals surface area contributed by atoms with E-state index in [0.717, 1.165) is 33.3 Å². The van der Waals surface area contributed by atoms with Crippen molar-refractivity contribution < 1.29 is 9.84 Å². The second-order valence-electron chi connectivity index (χ2n) is 6.79. The van der Waals surface area contributed by atoms with Crippen LogP contribution in [0.5, 0.6) is 0 Å². The molecular formula is C22H19N3O2. The molecule has 5 heteroatoms. The minimum atomic E-state index is -0.685. The lowest BCUT2D eigenvalue weighted by Crippen LogP contribution is -2.28. The van der Waals surface area contributed by atoms with Crippen molar-refractivity contribution in [2.45, 2.75) is 18.8 Å². The predicted molar refractivity (Wildman–Crippen MR) is 103 cm³/mol. The van der Waals surface area contributed by atoms with Crippen molar-refractivity contribution in [2.24, 2.45) is 0 Å². The average molecular weight is 357 g/mol. The summed E-state index contributed by atoms with van der Waals surface area (Å²) in [6.45, 7) is 0.629. The van der Waals surface area contributed by atoms with Crippen molar-refractivity contribution in [3.8, 4) is 11.3 Å². The molecule has 5 nitrogen and oxygen atoms in total. The Morgan fingerprint density at radius 1 is 0.926 bits per heavy atom. The van der Waals surface area contributed by atoms with Crippen LogP contribution in [-0.4, -0.2) is 32.8 Å². The van der Waals surface area contributed by atoms with Crippen LogP contribution in [-0.2, 0) is 11.3 Å². The molecule has 1 N–H and O–H groups in total. The fourth-order valence-corrected chi connectivity index (χ4v) is 3.86. The molecule has 0 radical (unpaired) electrons. The first-order valence-corrected chi connectivity index (χ1v) is 9.06. The van der Waals surface area contributed by atoms with Gasteiger partial charge in [-0.05, 0) is 16.3 Å². The fourth-order valence-electron chi connectivity index (χ4n) is 3.86. The van der Waals surface area contributed by atoms with Crippen LogP contribution < -0.4 is 0 Å². The zero-order valence-corrected chi connectivity index (χ0v) is 14.7. The molecule has 2 heterocycles. The predicted octanol–water partition coefficient (Wildman–Crippen LogP) is 3.58. The van der Waals surface area contributed by atoms with Crippen LogP contribution >= 0.6 is 0 Å². The van der Waals surface area contributed by atoms with Gasteiger partial charge in [0.15, 0.2) is 0 Å². The normalized spacial score (nSPS) is 19.6. The maximum absolute atomic E-state index is 10.7. The van der Waals surface area contributed by atoms with Crippen molar-refractivity contribution in [1.82, 2.24) is 15.0 Å². The molecule has 27 heavy (non-hydrogen) atoms. The number of aliphatic hydroxyl groups is 1. The van der Waals surface area contributed by atoms with Crippen LogP contribution in [0.3, 0.4) is 0 Å². The van der Waals surface area contributed by atoms with Gasteiger partial charge in [0.05, 0.1) is 18.9 Å². The molecule has 5 rings (SSSR count). The third-order valence-electron chi connectivity index (χ3n) is 5.13. The molecule has 0 unspecified atom stereocenters. The van der Waals surface area contributed by atoms with Gasteiger partial charge in [0.2, 0.25) is 0 Å². The molecule has 0 bridgehead atoms. The summed E-state index contributed by atoms with van der Waals surface area (Å²) in [5.41, 5.74) is 3.71. The lowest BCUT2D eigenvalue weighted by molar-refractivity contribution is 0.0238. The van der Waals surface area contributed by atoms with E-state index in [1.54, 1.807) is 0 Å². The van der Waals surface area contributed by atoms with E-state index in [1.807, 2.05) is 53.2 Å². The van der Waals surface area contributed by atoms with E-state index in [0.29, 0.717) is 6.61 Å². The maximum atomic E-state index is 10.7. The van der Waals surface area contributed by atoms with Gasteiger partial charge in [-0.2, -0.15) is 0 Å². The van der Waals surface area contributed by atoms with Crippen molar-refractivity contribution in [3.63, 3.8) is 0 Å². The Hall–Kier alpha value is -3.02. The summed E-state index contributed by atoms with van der Waals surface area (Å²) in [6, 6.07) is 24.0. The van der Waals surface area contributed by atoms with E-state index in [9.17, 15) is 5.11 Å². The summed E-state index contributed by atoms with van der Waals surface area (Å²) in [4.78, 5) is 0. The SMILES string of the molecule is O[C@H]1COCc2c(-c3cccc4ccccc34)nnn2[C@@H]1c1ccccc1. The Labute approximate surface area is 156 Å². The van der Waals surface area contributed by atoms with Gasteiger partial charge in [-0.25, -0.2) is 4.68 Å². The highest BCUT2D eigenvalue weighted by atomic mass is 16.5. The van der Waals surface area contributed by atoms with E-state index >= 15 is 0 Å². The van der Waals surface area contributed by atoms with Crippen molar-refractivity contribution in [1.29, 1.82) is 0 Å². The van der Waals surface area contributed by atoms with Gasteiger partial charge < -0.3 is 9.84 Å². The molecule has 3 aromatic carbocycles. The Morgan fingerprint density at radius 3 is 2.59 bits per heavy atom. The number of nitrogens with zero attached hydrogens (tertiary/aromatic N) is 3. The molecular weight excluding hydrogens is 338 g/mol. The smallest absolute Gasteiger partial charge is 0.119 e. The molecule has 1 aliphatic heterocycles. The standard InChI is InChI=1S/C22H19N3O2/c26-20-14-27-13-19-21(18-12-6-10-15-7-4-5-11-17(15)18)23-24-25(19)22(20)16-8-2-1-3-9-16/h1-12,20,22,26H,13-14H2/t20-,22+/m0/s1. The first kappa shape index (κ1) is 16.2. The van der Waals surface area contributed by atoms with Gasteiger partial charge in [-0.1, -0.05) is 78.0 Å². The summed E-state index contributed by atoms with van der Waals surface area (Å²) >= 11 is 0. The highest BCUT2D eigenvalue weighted by molar-refractivity contribution is 5.96. The number of fused-ring (bicyclic) bond motifs is 2. The molecule has 2 atom stereocenters. The van der Waals surface area contributed by atoms with E-state index in [4.69, 9.17) is 4.74 Å². The number of hydrogen-bond donors (Lipinski definition) is 1. The molecule has 4 aromatic rings. The minimum Gasteiger partial charge on any atom is -0.388 e. The highest BCUT2D eigenvalue weighted by Crippen LogP contribution is 2.34. The number of rotatable bonds is 2. The largest absolute Gasteiger partial charge is 0.388 e. The number of aliphatic hydroxyl groups excluding tert-OH is 1. The van der Waals surface area contributed by atoms with Crippen LogP contribution in [0, 0.1) is 0 Å². The maximum Gasteiger partial charge on any atom is 0.119 e. The quantitative estimate of drug-likeness (QED) is 0.596. The first-order chi connectivity index (χ1) is 13.3. The number of ether oxygens (including phenoxy) is 1. The molecule has 0 amide bonds. The molecule has 0 aliphatic carbocycles. The van der Waals surface area contributed by atoms with Gasteiger partial charge in [0, 0.05) is 5.56 Å². The van der Waals surface area contributed by atoms with Crippen molar-refractivity contribution in [3.05, 3.63) is 84.1 Å². The van der Waals surface area contributed by atoms with Crippen LogP contribution in [0.2, 0.25) is 0 Å². The van der Waals surface area contributed by atoms with Gasteiger partial charge in [0.25, 0.3) is 0 Å². The van der Waals surface area contributed by atoms with E-state index in [1.165, 1.54) is 0 Å². The van der Waals surface area contributed by atoms with E-state index in [2.05, 4.69) is 34.6 Å². The van der Waals surface area contributed by atoms with Gasteiger partial charge in [0.1, 0.15) is 17.8 Å². The van der Waals surface area contributed by atoms with Crippen LogP contribution in [0.4, 0.5) is 0 Å². The van der Waals surface area contributed by atoms with Crippen LogP contribution in [0.15, 0.2) is 72.8 Å². The zero-order valence-electron chi connectivity index (χ0n) is 14.7. The van der Waals surface area contributed by atoms with Crippen LogP contribution in [0.1, 0.15) is 17.3 Å². The fraction of sp³-hybridized carbons (Fsp3) is 0.182. The molecule has 1 aliphatic rings. The minimum absolute atomic E-state index is 0.262.